The molecule has 0 saturated heterocycles. The second-order valence-electron chi connectivity index (χ2n) is 1.81. The minimum atomic E-state index is -3.25. The van der Waals surface area contributed by atoms with E-state index in [2.05, 4.69) is 4.18 Å². The maximum Gasteiger partial charge on any atom is 0.267 e. The summed E-state index contributed by atoms with van der Waals surface area (Å²) in [7, 11) is -3.25. The molecular formula is C5H13NO3S. The molecule has 0 aromatic carbocycles. The summed E-state index contributed by atoms with van der Waals surface area (Å²) in [6.07, 6.45) is 0.583. The summed E-state index contributed by atoms with van der Waals surface area (Å²) < 4.78 is 25.7. The van der Waals surface area contributed by atoms with Crippen LogP contribution in [0.4, 0.5) is 0 Å². The second kappa shape index (κ2) is 4.65. The van der Waals surface area contributed by atoms with Gasteiger partial charge in [0.15, 0.2) is 0 Å². The Kier molecular flexibility index (Phi) is 4.59. The minimum absolute atomic E-state index is 0.0254. The lowest BCUT2D eigenvalue weighted by Gasteiger charge is -2.00. The monoisotopic (exact) mass is 167 g/mol. The molecule has 0 saturated carbocycles. The van der Waals surface area contributed by atoms with Crippen molar-refractivity contribution in [2.24, 2.45) is 5.73 Å². The van der Waals surface area contributed by atoms with E-state index in [-0.39, 0.29) is 12.4 Å². The highest BCUT2D eigenvalue weighted by Gasteiger charge is 2.04. The Hall–Kier alpha value is -0.130. The van der Waals surface area contributed by atoms with Crippen LogP contribution in [0.3, 0.4) is 0 Å². The zero-order chi connectivity index (χ0) is 8.04. The van der Waals surface area contributed by atoms with Crippen LogP contribution in [0.2, 0.25) is 0 Å². The van der Waals surface area contributed by atoms with Gasteiger partial charge >= 0.3 is 0 Å². The van der Waals surface area contributed by atoms with Gasteiger partial charge in [-0.25, -0.2) is 0 Å². The van der Waals surface area contributed by atoms with E-state index in [0.717, 1.165) is 0 Å². The van der Waals surface area contributed by atoms with Crippen molar-refractivity contribution < 1.29 is 12.6 Å². The van der Waals surface area contributed by atoms with E-state index >= 15 is 0 Å². The maximum atomic E-state index is 10.6. The zero-order valence-corrected chi connectivity index (χ0v) is 6.86. The van der Waals surface area contributed by atoms with Crippen LogP contribution in [0.25, 0.3) is 0 Å². The van der Waals surface area contributed by atoms with Crippen LogP contribution in [0.5, 0.6) is 0 Å². The molecule has 0 rings (SSSR count). The van der Waals surface area contributed by atoms with Crippen LogP contribution in [-0.4, -0.2) is 27.3 Å². The molecule has 0 bridgehead atoms. The van der Waals surface area contributed by atoms with Crippen LogP contribution >= 0.6 is 0 Å². The molecule has 5 heteroatoms. The van der Waals surface area contributed by atoms with Crippen LogP contribution in [0, 0.1) is 0 Å². The maximum absolute atomic E-state index is 10.6. The molecule has 0 heterocycles. The van der Waals surface area contributed by atoms with E-state index in [0.29, 0.717) is 13.0 Å². The topological polar surface area (TPSA) is 69.4 Å². The third-order valence-electron chi connectivity index (χ3n) is 0.965. The summed E-state index contributed by atoms with van der Waals surface area (Å²) in [6, 6.07) is 0. The molecule has 2 N–H and O–H groups in total. The first-order valence-corrected chi connectivity index (χ1v) is 4.77. The molecule has 0 radical (unpaired) electrons. The Morgan fingerprint density at radius 1 is 1.50 bits per heavy atom. The van der Waals surface area contributed by atoms with Crippen molar-refractivity contribution in [2.45, 2.75) is 13.3 Å². The van der Waals surface area contributed by atoms with Gasteiger partial charge in [0.1, 0.15) is 0 Å². The molecule has 0 aliphatic carbocycles. The van der Waals surface area contributed by atoms with Gasteiger partial charge in [0, 0.05) is 0 Å². The molecule has 62 valence electrons. The van der Waals surface area contributed by atoms with Crippen LogP contribution in [-0.2, 0) is 14.3 Å². The van der Waals surface area contributed by atoms with Crippen molar-refractivity contribution in [3.05, 3.63) is 0 Å². The number of hydrogen-bond donors (Lipinski definition) is 1. The first-order valence-electron chi connectivity index (χ1n) is 3.19. The Labute approximate surface area is 61.5 Å². The predicted octanol–water partition coefficient (Wildman–Crippen LogP) is -0.298. The van der Waals surface area contributed by atoms with Crippen LogP contribution < -0.4 is 5.73 Å². The molecule has 0 aromatic rings. The number of rotatable bonds is 5. The van der Waals surface area contributed by atoms with Crippen molar-refractivity contribution in [1.82, 2.24) is 0 Å². The van der Waals surface area contributed by atoms with Gasteiger partial charge in [0.2, 0.25) is 0 Å². The van der Waals surface area contributed by atoms with E-state index in [1.165, 1.54) is 6.92 Å². The zero-order valence-electron chi connectivity index (χ0n) is 6.04. The summed E-state index contributed by atoms with van der Waals surface area (Å²) >= 11 is 0. The molecule has 4 nitrogen and oxygen atoms in total. The molecule has 0 amide bonds. The SMILES string of the molecule is CCS(=O)(=O)OCCCN. The average Bonchev–Trinajstić information content (AvgIpc) is 1.89. The van der Waals surface area contributed by atoms with Crippen LogP contribution in [0.15, 0.2) is 0 Å². The summed E-state index contributed by atoms with van der Waals surface area (Å²) in [4.78, 5) is 0. The van der Waals surface area contributed by atoms with E-state index < -0.39 is 10.1 Å². The van der Waals surface area contributed by atoms with Crippen molar-refractivity contribution >= 4 is 10.1 Å². The van der Waals surface area contributed by atoms with Gasteiger partial charge < -0.3 is 5.73 Å². The number of nitrogens with two attached hydrogens (primary N) is 1. The lowest BCUT2D eigenvalue weighted by molar-refractivity contribution is 0.315. The Balaban J connectivity index is 3.49. The minimum Gasteiger partial charge on any atom is -0.330 e. The summed E-state index contributed by atoms with van der Waals surface area (Å²) in [5.74, 6) is 0.0254. The van der Waals surface area contributed by atoms with E-state index in [9.17, 15) is 8.42 Å². The lowest BCUT2D eigenvalue weighted by atomic mass is 10.5. The van der Waals surface area contributed by atoms with Gasteiger partial charge in [0.05, 0.1) is 12.4 Å². The average molecular weight is 167 g/mol. The van der Waals surface area contributed by atoms with Gasteiger partial charge in [0.25, 0.3) is 10.1 Å². The second-order valence-corrected chi connectivity index (χ2v) is 3.74. The number of hydrogen-bond acceptors (Lipinski definition) is 4. The lowest BCUT2D eigenvalue weighted by Crippen LogP contribution is -2.11. The van der Waals surface area contributed by atoms with E-state index in [1.807, 2.05) is 0 Å². The molecule has 0 aliphatic rings. The molecular weight excluding hydrogens is 154 g/mol. The van der Waals surface area contributed by atoms with Crippen molar-refractivity contribution in [2.75, 3.05) is 18.9 Å². The fraction of sp³-hybridized carbons (Fsp3) is 1.00. The van der Waals surface area contributed by atoms with Crippen LogP contribution in [0.1, 0.15) is 13.3 Å². The molecule has 0 spiro atoms. The fourth-order valence-electron chi connectivity index (χ4n) is 0.353. The molecule has 0 aliphatic heterocycles. The predicted molar refractivity (Wildman–Crippen MR) is 39.1 cm³/mol. The van der Waals surface area contributed by atoms with Gasteiger partial charge in [-0.2, -0.15) is 8.42 Å². The molecule has 0 aromatic heterocycles. The first kappa shape index (κ1) is 9.87. The van der Waals surface area contributed by atoms with Gasteiger partial charge in [-0.3, -0.25) is 4.18 Å². The largest absolute Gasteiger partial charge is 0.330 e. The quantitative estimate of drug-likeness (QED) is 0.451. The first-order chi connectivity index (χ1) is 4.62. The highest BCUT2D eigenvalue weighted by molar-refractivity contribution is 7.86. The Morgan fingerprint density at radius 3 is 2.50 bits per heavy atom. The van der Waals surface area contributed by atoms with E-state index in [4.69, 9.17) is 5.73 Å². The smallest absolute Gasteiger partial charge is 0.267 e. The Morgan fingerprint density at radius 2 is 2.10 bits per heavy atom. The summed E-state index contributed by atoms with van der Waals surface area (Å²) in [5, 5.41) is 0. The standard InChI is InChI=1S/C5H13NO3S/c1-2-10(7,8)9-5-3-4-6/h2-6H2,1H3. The fourth-order valence-corrected chi connectivity index (χ4v) is 0.891. The van der Waals surface area contributed by atoms with Crippen molar-refractivity contribution in [1.29, 1.82) is 0 Å². The van der Waals surface area contributed by atoms with E-state index in [1.54, 1.807) is 0 Å². The van der Waals surface area contributed by atoms with Crippen molar-refractivity contribution in [3.8, 4) is 0 Å². The third kappa shape index (κ3) is 4.72. The van der Waals surface area contributed by atoms with Gasteiger partial charge in [-0.15, -0.1) is 0 Å². The highest BCUT2D eigenvalue weighted by Crippen LogP contribution is 1.92. The summed E-state index contributed by atoms with van der Waals surface area (Å²) in [6.45, 7) is 2.20. The molecule has 10 heavy (non-hydrogen) atoms. The summed E-state index contributed by atoms with van der Waals surface area (Å²) in [5.41, 5.74) is 5.12. The van der Waals surface area contributed by atoms with Crippen molar-refractivity contribution in [3.63, 3.8) is 0 Å². The third-order valence-corrected chi connectivity index (χ3v) is 2.20. The molecule has 0 fully saturated rings. The molecule has 0 unspecified atom stereocenters. The van der Waals surface area contributed by atoms with Gasteiger partial charge in [-0.05, 0) is 19.9 Å². The normalized spacial score (nSPS) is 11.8. The Bertz CT molecular complexity index is 164. The molecule has 0 atom stereocenters. The van der Waals surface area contributed by atoms with Gasteiger partial charge in [-0.1, -0.05) is 0 Å². The highest BCUT2D eigenvalue weighted by atomic mass is 32.2.